The van der Waals surface area contributed by atoms with E-state index in [9.17, 15) is 9.18 Å². The summed E-state index contributed by atoms with van der Waals surface area (Å²) in [5.41, 5.74) is 1.70. The van der Waals surface area contributed by atoms with Gasteiger partial charge in [0.2, 0.25) is 0 Å². The zero-order valence-electron chi connectivity index (χ0n) is 11.4. The second-order valence-corrected chi connectivity index (χ2v) is 5.50. The van der Waals surface area contributed by atoms with E-state index < -0.39 is 5.97 Å². The Labute approximate surface area is 122 Å². The highest BCUT2D eigenvalue weighted by atomic mass is 32.1. The fourth-order valence-electron chi connectivity index (χ4n) is 1.89. The van der Waals surface area contributed by atoms with E-state index in [1.54, 1.807) is 12.1 Å². The summed E-state index contributed by atoms with van der Waals surface area (Å²) >= 11 is 1.07. The Balaban J connectivity index is 1.93. The van der Waals surface area contributed by atoms with E-state index in [0.717, 1.165) is 24.2 Å². The number of esters is 1. The van der Waals surface area contributed by atoms with E-state index in [4.69, 9.17) is 4.74 Å². The molecule has 0 saturated heterocycles. The fraction of sp³-hybridized carbons (Fsp3) is 0.312. The van der Waals surface area contributed by atoms with Crippen LogP contribution in [0.5, 0.6) is 5.06 Å². The first-order valence-electron chi connectivity index (χ1n) is 6.74. The van der Waals surface area contributed by atoms with Gasteiger partial charge in [-0.2, -0.15) is 0 Å². The summed E-state index contributed by atoms with van der Waals surface area (Å²) < 4.78 is 17.9. The van der Waals surface area contributed by atoms with Crippen LogP contribution in [-0.2, 0) is 6.42 Å². The molecule has 0 atom stereocenters. The Kier molecular flexibility index (Phi) is 5.30. The smallest absolute Gasteiger partial charge is 0.344 e. The van der Waals surface area contributed by atoms with Gasteiger partial charge in [-0.3, -0.25) is 0 Å². The Morgan fingerprint density at radius 1 is 1.25 bits per heavy atom. The third-order valence-corrected chi connectivity index (χ3v) is 3.77. The molecule has 1 aromatic heterocycles. The summed E-state index contributed by atoms with van der Waals surface area (Å²) in [6.45, 7) is 2.17. The van der Waals surface area contributed by atoms with E-state index in [2.05, 4.69) is 6.92 Å². The number of aryl methyl sites for hydroxylation is 1. The summed E-state index contributed by atoms with van der Waals surface area (Å²) in [6, 6.07) is 8.62. The zero-order chi connectivity index (χ0) is 14.4. The summed E-state index contributed by atoms with van der Waals surface area (Å²) in [6.07, 6.45) is 4.60. The minimum absolute atomic E-state index is 0.277. The number of thiophene rings is 1. The quantitative estimate of drug-likeness (QED) is 0.562. The highest BCUT2D eigenvalue weighted by Crippen LogP contribution is 2.23. The molecule has 0 N–H and O–H groups in total. The first kappa shape index (κ1) is 14.7. The molecule has 0 aliphatic heterocycles. The lowest BCUT2D eigenvalue weighted by Gasteiger charge is -2.04. The lowest BCUT2D eigenvalue weighted by atomic mass is 10.1. The Morgan fingerprint density at radius 2 is 2.00 bits per heavy atom. The molecule has 106 valence electrons. The van der Waals surface area contributed by atoms with Crippen LogP contribution in [0.4, 0.5) is 4.39 Å². The summed E-state index contributed by atoms with van der Waals surface area (Å²) in [5, 5.41) is 1.58. The van der Waals surface area contributed by atoms with Crippen molar-refractivity contribution in [1.29, 1.82) is 0 Å². The van der Waals surface area contributed by atoms with Crippen molar-refractivity contribution in [2.24, 2.45) is 0 Å². The molecule has 20 heavy (non-hydrogen) atoms. The molecule has 0 fully saturated rings. The number of hydrogen-bond donors (Lipinski definition) is 0. The normalized spacial score (nSPS) is 10.5. The molecule has 2 aromatic rings. The van der Waals surface area contributed by atoms with Crippen molar-refractivity contribution >= 4 is 17.3 Å². The molecule has 0 aliphatic carbocycles. The molecule has 1 aromatic carbocycles. The van der Waals surface area contributed by atoms with Gasteiger partial charge in [0, 0.05) is 11.4 Å². The maximum atomic E-state index is 12.8. The lowest BCUT2D eigenvalue weighted by molar-refractivity contribution is 0.0740. The van der Waals surface area contributed by atoms with Crippen molar-refractivity contribution in [1.82, 2.24) is 0 Å². The van der Waals surface area contributed by atoms with Gasteiger partial charge in [-0.15, -0.1) is 11.3 Å². The fourth-order valence-corrected chi connectivity index (χ4v) is 2.49. The first-order chi connectivity index (χ1) is 9.69. The van der Waals surface area contributed by atoms with Crippen LogP contribution in [0.2, 0.25) is 0 Å². The molecule has 0 saturated carbocycles. The Bertz CT molecular complexity index is 560. The predicted molar refractivity (Wildman–Crippen MR) is 78.9 cm³/mol. The molecule has 1 heterocycles. The van der Waals surface area contributed by atoms with Crippen LogP contribution < -0.4 is 4.74 Å². The van der Waals surface area contributed by atoms with Crippen molar-refractivity contribution in [2.75, 3.05) is 0 Å². The maximum absolute atomic E-state index is 12.8. The number of rotatable bonds is 6. The topological polar surface area (TPSA) is 26.3 Å². The van der Waals surface area contributed by atoms with Crippen molar-refractivity contribution < 1.29 is 13.9 Å². The van der Waals surface area contributed by atoms with Crippen LogP contribution in [0.3, 0.4) is 0 Å². The van der Waals surface area contributed by atoms with Crippen molar-refractivity contribution in [3.8, 4) is 5.06 Å². The molecule has 0 aliphatic rings. The average molecular weight is 292 g/mol. The largest absolute Gasteiger partial charge is 0.412 e. The third-order valence-electron chi connectivity index (χ3n) is 3.00. The van der Waals surface area contributed by atoms with Crippen molar-refractivity contribution in [3.63, 3.8) is 0 Å². The molecule has 0 unspecified atom stereocenters. The van der Waals surface area contributed by atoms with Crippen LogP contribution in [0, 0.1) is 5.82 Å². The third kappa shape index (κ3) is 4.17. The number of unbranched alkanes of at least 4 members (excludes halogenated alkanes) is 2. The van der Waals surface area contributed by atoms with Gasteiger partial charge in [0.25, 0.3) is 0 Å². The number of ether oxygens (including phenoxy) is 1. The van der Waals surface area contributed by atoms with Gasteiger partial charge in [-0.05, 0) is 30.5 Å². The van der Waals surface area contributed by atoms with Crippen LogP contribution >= 0.6 is 11.3 Å². The van der Waals surface area contributed by atoms with Gasteiger partial charge in [-0.1, -0.05) is 31.9 Å². The van der Waals surface area contributed by atoms with Crippen LogP contribution in [0.25, 0.3) is 0 Å². The minimum Gasteiger partial charge on any atom is -0.412 e. The Morgan fingerprint density at radius 3 is 2.60 bits per heavy atom. The molecule has 4 heteroatoms. The average Bonchev–Trinajstić information content (AvgIpc) is 2.85. The Hall–Kier alpha value is -1.68. The second kappa shape index (κ2) is 7.20. The van der Waals surface area contributed by atoms with Gasteiger partial charge < -0.3 is 4.74 Å². The number of halogens is 1. The van der Waals surface area contributed by atoms with Gasteiger partial charge in [0.1, 0.15) is 5.82 Å². The molecular weight excluding hydrogens is 275 g/mol. The SMILES string of the molecule is CCCCCc1ccc(C(=O)Oc2cc(F)cs2)cc1. The van der Waals surface area contributed by atoms with E-state index in [1.165, 1.54) is 29.9 Å². The summed E-state index contributed by atoms with van der Waals surface area (Å²) in [7, 11) is 0. The lowest BCUT2D eigenvalue weighted by Crippen LogP contribution is -2.07. The molecule has 0 radical (unpaired) electrons. The molecule has 0 spiro atoms. The van der Waals surface area contributed by atoms with Crippen LogP contribution in [0.1, 0.15) is 42.1 Å². The van der Waals surface area contributed by atoms with E-state index in [0.29, 0.717) is 5.56 Å². The first-order valence-corrected chi connectivity index (χ1v) is 7.62. The van der Waals surface area contributed by atoms with Gasteiger partial charge >= 0.3 is 5.97 Å². The highest BCUT2D eigenvalue weighted by Gasteiger charge is 2.10. The molecule has 0 amide bonds. The molecule has 2 nitrogen and oxygen atoms in total. The van der Waals surface area contributed by atoms with E-state index in [1.807, 2.05) is 12.1 Å². The maximum Gasteiger partial charge on any atom is 0.344 e. The zero-order valence-corrected chi connectivity index (χ0v) is 12.2. The molecule has 0 bridgehead atoms. The van der Waals surface area contributed by atoms with E-state index >= 15 is 0 Å². The van der Waals surface area contributed by atoms with Gasteiger partial charge in [-0.25, -0.2) is 9.18 Å². The second-order valence-electron chi connectivity index (χ2n) is 4.63. The summed E-state index contributed by atoms with van der Waals surface area (Å²) in [5.74, 6) is -0.837. The number of benzene rings is 1. The van der Waals surface area contributed by atoms with Gasteiger partial charge in [0.05, 0.1) is 5.56 Å². The number of carbonyl (C=O) groups is 1. The standard InChI is InChI=1S/C16H17FO2S/c1-2-3-4-5-12-6-8-13(9-7-12)16(18)19-15-10-14(17)11-20-15/h6-11H,2-5H2,1H3. The monoisotopic (exact) mass is 292 g/mol. The van der Waals surface area contributed by atoms with Crippen molar-refractivity contribution in [3.05, 3.63) is 52.7 Å². The van der Waals surface area contributed by atoms with Crippen LogP contribution in [-0.4, -0.2) is 5.97 Å². The van der Waals surface area contributed by atoms with Crippen molar-refractivity contribution in [2.45, 2.75) is 32.6 Å². The summed E-state index contributed by atoms with van der Waals surface area (Å²) in [4.78, 5) is 11.9. The predicted octanol–water partition coefficient (Wildman–Crippen LogP) is 4.84. The number of hydrogen-bond acceptors (Lipinski definition) is 3. The van der Waals surface area contributed by atoms with Gasteiger partial charge in [0.15, 0.2) is 5.06 Å². The highest BCUT2D eigenvalue weighted by molar-refractivity contribution is 7.11. The molecular formula is C16H17FO2S. The minimum atomic E-state index is -0.452. The van der Waals surface area contributed by atoms with E-state index in [-0.39, 0.29) is 10.9 Å². The van der Waals surface area contributed by atoms with Crippen LogP contribution in [0.15, 0.2) is 35.7 Å². The molecule has 2 rings (SSSR count). The number of carbonyl (C=O) groups excluding carboxylic acids is 1.